The summed E-state index contributed by atoms with van der Waals surface area (Å²) in [5, 5.41) is 0.879. The molecule has 164 valence electrons. The van der Waals surface area contributed by atoms with Crippen LogP contribution in [0.15, 0.2) is 90.0 Å². The zero-order valence-corrected chi connectivity index (χ0v) is 18.6. The van der Waals surface area contributed by atoms with E-state index in [1.54, 1.807) is 22.8 Å². The summed E-state index contributed by atoms with van der Waals surface area (Å²) in [6.45, 7) is 2.47. The molecular weight excluding hydrogens is 412 g/mol. The van der Waals surface area contributed by atoms with Gasteiger partial charge in [0.15, 0.2) is 0 Å². The highest BCUT2D eigenvalue weighted by Gasteiger charge is 2.20. The Morgan fingerprint density at radius 2 is 1.67 bits per heavy atom. The predicted octanol–water partition coefficient (Wildman–Crippen LogP) is 4.37. The number of carbonyl (C=O) groups excluding carboxylic acids is 1. The second kappa shape index (κ2) is 8.39. The van der Waals surface area contributed by atoms with E-state index < -0.39 is 0 Å². The molecule has 6 heteroatoms. The normalized spacial score (nSPS) is 11.2. The van der Waals surface area contributed by atoms with Crippen LogP contribution in [-0.4, -0.2) is 27.1 Å². The number of hydrogen-bond acceptors (Lipinski definition) is 3. The van der Waals surface area contributed by atoms with Gasteiger partial charge in [-0.1, -0.05) is 60.2 Å². The molecule has 0 atom stereocenters. The van der Waals surface area contributed by atoms with E-state index in [0.29, 0.717) is 17.6 Å². The van der Waals surface area contributed by atoms with Crippen molar-refractivity contribution in [3.63, 3.8) is 0 Å². The Morgan fingerprint density at radius 1 is 0.970 bits per heavy atom. The van der Waals surface area contributed by atoms with E-state index in [1.807, 2.05) is 90.4 Å². The van der Waals surface area contributed by atoms with E-state index in [4.69, 9.17) is 0 Å². The van der Waals surface area contributed by atoms with Crippen LogP contribution in [0.1, 0.15) is 11.1 Å². The molecule has 0 bridgehead atoms. The number of anilines is 1. The highest BCUT2D eigenvalue weighted by Crippen LogP contribution is 2.27. The number of aromatic nitrogens is 3. The molecule has 0 aliphatic heterocycles. The molecular formula is C27H24N4O2. The largest absolute Gasteiger partial charge is 0.325 e. The Morgan fingerprint density at radius 3 is 2.39 bits per heavy atom. The van der Waals surface area contributed by atoms with Crippen LogP contribution in [0.2, 0.25) is 0 Å². The fraction of sp³-hybridized carbons (Fsp3) is 0.148. The predicted molar refractivity (Wildman–Crippen MR) is 132 cm³/mol. The molecule has 5 aromatic rings. The van der Waals surface area contributed by atoms with Gasteiger partial charge in [0.1, 0.15) is 17.6 Å². The molecule has 2 aromatic heterocycles. The minimum Gasteiger partial charge on any atom is -0.325 e. The number of benzene rings is 3. The SMILES string of the molecule is Cc1ccc2c(c1)c1ncn(Cc3ccccc3)c(=O)c1n2CC(=O)N(C)c1ccccc1. The van der Waals surface area contributed by atoms with E-state index in [2.05, 4.69) is 4.98 Å². The maximum atomic E-state index is 13.6. The number of hydrogen-bond donors (Lipinski definition) is 0. The van der Waals surface area contributed by atoms with E-state index >= 15 is 0 Å². The standard InChI is InChI=1S/C27H24N4O2/c1-19-13-14-23-22(15-19)25-26(27(33)30(18-28-25)16-20-9-5-3-6-10-20)31(23)17-24(32)29(2)21-11-7-4-8-12-21/h3-15,18H,16-17H2,1-2H3. The Hall–Kier alpha value is -4.19. The molecule has 0 saturated heterocycles. The molecule has 33 heavy (non-hydrogen) atoms. The first kappa shape index (κ1) is 20.7. The molecule has 6 nitrogen and oxygen atoms in total. The third-order valence-corrected chi connectivity index (χ3v) is 5.99. The van der Waals surface area contributed by atoms with Gasteiger partial charge in [-0.3, -0.25) is 14.2 Å². The molecule has 0 N–H and O–H groups in total. The zero-order chi connectivity index (χ0) is 22.9. The molecule has 0 fully saturated rings. The fourth-order valence-electron chi connectivity index (χ4n) is 4.21. The van der Waals surface area contributed by atoms with Gasteiger partial charge < -0.3 is 9.47 Å². The summed E-state index contributed by atoms with van der Waals surface area (Å²) in [6.07, 6.45) is 1.60. The van der Waals surface area contributed by atoms with Crippen LogP contribution >= 0.6 is 0 Å². The van der Waals surface area contributed by atoms with Gasteiger partial charge in [0.25, 0.3) is 5.56 Å². The zero-order valence-electron chi connectivity index (χ0n) is 18.6. The van der Waals surface area contributed by atoms with Crippen LogP contribution in [0.3, 0.4) is 0 Å². The molecule has 0 unspecified atom stereocenters. The summed E-state index contributed by atoms with van der Waals surface area (Å²) < 4.78 is 3.41. The van der Waals surface area contributed by atoms with Gasteiger partial charge in [-0.2, -0.15) is 0 Å². The summed E-state index contributed by atoms with van der Waals surface area (Å²) >= 11 is 0. The number of aryl methyl sites for hydroxylation is 1. The van der Waals surface area contributed by atoms with Gasteiger partial charge in [-0.25, -0.2) is 4.98 Å². The summed E-state index contributed by atoms with van der Waals surface area (Å²) in [4.78, 5) is 33.1. The van der Waals surface area contributed by atoms with Crippen LogP contribution in [0.4, 0.5) is 5.69 Å². The van der Waals surface area contributed by atoms with Gasteiger partial charge in [0, 0.05) is 18.1 Å². The van der Waals surface area contributed by atoms with Gasteiger partial charge in [-0.05, 0) is 36.8 Å². The first-order valence-electron chi connectivity index (χ1n) is 10.9. The molecule has 0 radical (unpaired) electrons. The van der Waals surface area contributed by atoms with E-state index in [9.17, 15) is 9.59 Å². The van der Waals surface area contributed by atoms with E-state index in [0.717, 1.165) is 27.7 Å². The van der Waals surface area contributed by atoms with E-state index in [1.165, 1.54) is 0 Å². The lowest BCUT2D eigenvalue weighted by atomic mass is 10.1. The van der Waals surface area contributed by atoms with Gasteiger partial charge >= 0.3 is 0 Å². The fourth-order valence-corrected chi connectivity index (χ4v) is 4.21. The molecule has 0 aliphatic rings. The smallest absolute Gasteiger partial charge is 0.278 e. The Labute approximate surface area is 191 Å². The average molecular weight is 437 g/mol. The van der Waals surface area contributed by atoms with Crippen molar-refractivity contribution in [3.05, 3.63) is 107 Å². The Kier molecular flexibility index (Phi) is 5.26. The molecule has 5 rings (SSSR count). The first-order valence-corrected chi connectivity index (χ1v) is 10.9. The van der Waals surface area contributed by atoms with Crippen molar-refractivity contribution < 1.29 is 4.79 Å². The van der Waals surface area contributed by atoms with Crippen molar-refractivity contribution in [2.45, 2.75) is 20.0 Å². The second-order valence-corrected chi connectivity index (χ2v) is 8.26. The third-order valence-electron chi connectivity index (χ3n) is 5.99. The molecule has 3 aromatic carbocycles. The second-order valence-electron chi connectivity index (χ2n) is 8.26. The van der Waals surface area contributed by atoms with Crippen molar-refractivity contribution in [2.75, 3.05) is 11.9 Å². The lowest BCUT2D eigenvalue weighted by Crippen LogP contribution is -2.31. The number of fused-ring (bicyclic) bond motifs is 3. The maximum Gasteiger partial charge on any atom is 0.278 e. The molecule has 0 saturated carbocycles. The third kappa shape index (κ3) is 3.80. The number of amides is 1. The molecule has 0 spiro atoms. The minimum absolute atomic E-state index is 0.0424. The lowest BCUT2D eigenvalue weighted by Gasteiger charge is -2.18. The van der Waals surface area contributed by atoms with Crippen molar-refractivity contribution >= 4 is 33.5 Å². The number of carbonyl (C=O) groups is 1. The maximum absolute atomic E-state index is 13.6. The molecule has 2 heterocycles. The van der Waals surface area contributed by atoms with Gasteiger partial charge in [0.2, 0.25) is 5.91 Å². The topological polar surface area (TPSA) is 60.1 Å². The van der Waals surface area contributed by atoms with Crippen LogP contribution in [0.5, 0.6) is 0 Å². The quantitative estimate of drug-likeness (QED) is 0.411. The number of likely N-dealkylation sites (N-methyl/N-ethyl adjacent to an activating group) is 1. The monoisotopic (exact) mass is 436 g/mol. The summed E-state index contributed by atoms with van der Waals surface area (Å²) in [5.74, 6) is -0.113. The van der Waals surface area contributed by atoms with Crippen LogP contribution in [0.25, 0.3) is 21.9 Å². The summed E-state index contributed by atoms with van der Waals surface area (Å²) in [5.41, 5.74) is 4.63. The van der Waals surface area contributed by atoms with Gasteiger partial charge in [-0.15, -0.1) is 0 Å². The van der Waals surface area contributed by atoms with Crippen molar-refractivity contribution in [1.82, 2.24) is 14.1 Å². The highest BCUT2D eigenvalue weighted by molar-refractivity contribution is 6.07. The number of rotatable bonds is 5. The number of nitrogens with zero attached hydrogens (tertiary/aromatic N) is 4. The van der Waals surface area contributed by atoms with Crippen molar-refractivity contribution in [2.24, 2.45) is 0 Å². The first-order chi connectivity index (χ1) is 16.0. The number of para-hydroxylation sites is 1. The van der Waals surface area contributed by atoms with Crippen LogP contribution < -0.4 is 10.5 Å². The summed E-state index contributed by atoms with van der Waals surface area (Å²) in [6, 6.07) is 25.3. The highest BCUT2D eigenvalue weighted by atomic mass is 16.2. The van der Waals surface area contributed by atoms with Crippen molar-refractivity contribution in [1.29, 1.82) is 0 Å². The van der Waals surface area contributed by atoms with Crippen LogP contribution in [-0.2, 0) is 17.9 Å². The van der Waals surface area contributed by atoms with Crippen molar-refractivity contribution in [3.8, 4) is 0 Å². The van der Waals surface area contributed by atoms with Crippen LogP contribution in [0, 0.1) is 6.92 Å². The minimum atomic E-state index is -0.159. The Bertz CT molecular complexity index is 1520. The molecule has 0 aliphatic carbocycles. The summed E-state index contributed by atoms with van der Waals surface area (Å²) in [7, 11) is 1.75. The molecule has 1 amide bonds. The van der Waals surface area contributed by atoms with E-state index in [-0.39, 0.29) is 18.0 Å². The average Bonchev–Trinajstić information content (AvgIpc) is 3.14. The van der Waals surface area contributed by atoms with Gasteiger partial charge in [0.05, 0.1) is 18.4 Å². The lowest BCUT2D eigenvalue weighted by molar-refractivity contribution is -0.118. The Balaban J connectivity index is 1.64.